The fourth-order valence-corrected chi connectivity index (χ4v) is 2.42. The number of fused-ring (bicyclic) bond motifs is 1. The molecule has 0 atom stereocenters. The third-order valence-electron chi connectivity index (χ3n) is 3.44. The van der Waals surface area contributed by atoms with Crippen molar-refractivity contribution in [3.05, 3.63) is 29.3 Å². The predicted octanol–water partition coefficient (Wildman–Crippen LogP) is 1.94. The largest absolute Gasteiger partial charge is 0.396 e. The summed E-state index contributed by atoms with van der Waals surface area (Å²) >= 11 is 0. The van der Waals surface area contributed by atoms with Crippen LogP contribution in [0, 0.1) is 13.8 Å². The van der Waals surface area contributed by atoms with Crippen LogP contribution in [0.15, 0.2) is 12.3 Å². The molecule has 5 heteroatoms. The minimum Gasteiger partial charge on any atom is -0.396 e. The fourth-order valence-electron chi connectivity index (χ4n) is 2.42. The first-order chi connectivity index (χ1) is 9.60. The van der Waals surface area contributed by atoms with E-state index in [-0.39, 0.29) is 0 Å². The molecule has 2 aromatic rings. The van der Waals surface area contributed by atoms with E-state index in [1.54, 1.807) is 0 Å². The number of unbranched alkanes of at least 4 members (excludes halogenated alkanes) is 2. The lowest BCUT2D eigenvalue weighted by molar-refractivity contribution is 0.270. The number of nitrogens with zero attached hydrogens (tertiary/aromatic N) is 4. The van der Waals surface area contributed by atoms with E-state index < -0.39 is 0 Å². The topological polar surface area (TPSA) is 53.7 Å². The third-order valence-corrected chi connectivity index (χ3v) is 3.44. The summed E-state index contributed by atoms with van der Waals surface area (Å²) in [4.78, 5) is 11.3. The summed E-state index contributed by atoms with van der Waals surface area (Å²) in [6.45, 7) is 6.22. The number of rotatable bonds is 7. The van der Waals surface area contributed by atoms with Crippen molar-refractivity contribution in [2.45, 2.75) is 39.7 Å². The number of aryl methyl sites for hydroxylation is 2. The van der Waals surface area contributed by atoms with E-state index in [4.69, 9.17) is 5.11 Å². The van der Waals surface area contributed by atoms with Crippen LogP contribution in [0.4, 0.5) is 0 Å². The van der Waals surface area contributed by atoms with Crippen LogP contribution in [0.2, 0.25) is 0 Å². The maximum atomic E-state index is 8.76. The summed E-state index contributed by atoms with van der Waals surface area (Å²) in [6, 6.07) is 2.07. The van der Waals surface area contributed by atoms with Crippen LogP contribution < -0.4 is 0 Å². The Morgan fingerprint density at radius 2 is 2.00 bits per heavy atom. The SMILES string of the molecule is Cc1cc(C)n2cc(CN(C)CCCCCO)nc2n1. The molecule has 0 radical (unpaired) electrons. The molecule has 5 nitrogen and oxygen atoms in total. The molecule has 0 saturated carbocycles. The van der Waals surface area contributed by atoms with Gasteiger partial charge in [-0.1, -0.05) is 0 Å². The van der Waals surface area contributed by atoms with Gasteiger partial charge in [0.2, 0.25) is 5.78 Å². The average Bonchev–Trinajstić information content (AvgIpc) is 2.77. The number of aliphatic hydroxyl groups excluding tert-OH is 1. The first-order valence-corrected chi connectivity index (χ1v) is 7.22. The van der Waals surface area contributed by atoms with Crippen molar-refractivity contribution in [1.82, 2.24) is 19.3 Å². The molecule has 0 aliphatic heterocycles. The molecule has 20 heavy (non-hydrogen) atoms. The summed E-state index contributed by atoms with van der Waals surface area (Å²) in [5.41, 5.74) is 3.22. The van der Waals surface area contributed by atoms with Crippen molar-refractivity contribution in [3.8, 4) is 0 Å². The van der Waals surface area contributed by atoms with Gasteiger partial charge in [0.05, 0.1) is 5.69 Å². The maximum Gasteiger partial charge on any atom is 0.234 e. The van der Waals surface area contributed by atoms with Gasteiger partial charge >= 0.3 is 0 Å². The average molecular weight is 276 g/mol. The summed E-state index contributed by atoms with van der Waals surface area (Å²) in [6.07, 6.45) is 5.15. The molecule has 0 amide bonds. The van der Waals surface area contributed by atoms with Gasteiger partial charge in [-0.2, -0.15) is 0 Å². The molecule has 0 bridgehead atoms. The van der Waals surface area contributed by atoms with Crippen molar-refractivity contribution in [2.75, 3.05) is 20.2 Å². The number of aromatic nitrogens is 3. The van der Waals surface area contributed by atoms with Crippen LogP contribution in [0.25, 0.3) is 5.78 Å². The minimum absolute atomic E-state index is 0.292. The summed E-state index contributed by atoms with van der Waals surface area (Å²) in [5.74, 6) is 0.784. The molecule has 0 spiro atoms. The molecule has 2 heterocycles. The van der Waals surface area contributed by atoms with E-state index in [9.17, 15) is 0 Å². The highest BCUT2D eigenvalue weighted by molar-refractivity contribution is 5.34. The monoisotopic (exact) mass is 276 g/mol. The maximum absolute atomic E-state index is 8.76. The number of aliphatic hydroxyl groups is 1. The van der Waals surface area contributed by atoms with E-state index in [0.717, 1.165) is 55.2 Å². The van der Waals surface area contributed by atoms with Gasteiger partial charge in [-0.3, -0.25) is 4.40 Å². The Balaban J connectivity index is 1.97. The highest BCUT2D eigenvalue weighted by Crippen LogP contribution is 2.10. The predicted molar refractivity (Wildman–Crippen MR) is 79.7 cm³/mol. The minimum atomic E-state index is 0.292. The second kappa shape index (κ2) is 6.81. The zero-order chi connectivity index (χ0) is 14.5. The lowest BCUT2D eigenvalue weighted by atomic mass is 10.2. The van der Waals surface area contributed by atoms with Crippen molar-refractivity contribution in [3.63, 3.8) is 0 Å². The molecule has 0 aliphatic rings. The van der Waals surface area contributed by atoms with Gasteiger partial charge in [0.25, 0.3) is 0 Å². The molecule has 2 rings (SSSR count). The number of hydrogen-bond donors (Lipinski definition) is 1. The first kappa shape index (κ1) is 14.9. The zero-order valence-electron chi connectivity index (χ0n) is 12.6. The molecule has 0 fully saturated rings. The van der Waals surface area contributed by atoms with Gasteiger partial charge in [0.15, 0.2) is 0 Å². The van der Waals surface area contributed by atoms with Crippen molar-refractivity contribution < 1.29 is 5.11 Å². The first-order valence-electron chi connectivity index (χ1n) is 7.22. The second-order valence-corrected chi connectivity index (χ2v) is 5.46. The molecular formula is C15H24N4O. The Labute approximate surface area is 120 Å². The van der Waals surface area contributed by atoms with Crippen LogP contribution in [-0.4, -0.2) is 44.6 Å². The lowest BCUT2D eigenvalue weighted by Crippen LogP contribution is -2.19. The Morgan fingerprint density at radius 1 is 1.20 bits per heavy atom. The number of hydrogen-bond acceptors (Lipinski definition) is 4. The summed E-state index contributed by atoms with van der Waals surface area (Å²) in [7, 11) is 2.11. The molecule has 1 N–H and O–H groups in total. The molecule has 0 aliphatic carbocycles. The molecule has 110 valence electrons. The Hall–Kier alpha value is -1.46. The fraction of sp³-hybridized carbons (Fsp3) is 0.600. The van der Waals surface area contributed by atoms with Crippen LogP contribution in [-0.2, 0) is 6.54 Å². The van der Waals surface area contributed by atoms with E-state index in [2.05, 4.69) is 41.1 Å². The van der Waals surface area contributed by atoms with Gasteiger partial charge < -0.3 is 10.0 Å². The van der Waals surface area contributed by atoms with Crippen LogP contribution in [0.3, 0.4) is 0 Å². The Morgan fingerprint density at radius 3 is 2.75 bits per heavy atom. The molecule has 0 saturated heterocycles. The Bertz CT molecular complexity index is 564. The Kier molecular flexibility index (Phi) is 5.09. The van der Waals surface area contributed by atoms with Gasteiger partial charge in [0, 0.05) is 30.7 Å². The third kappa shape index (κ3) is 3.77. The van der Waals surface area contributed by atoms with E-state index in [0.29, 0.717) is 6.61 Å². The van der Waals surface area contributed by atoms with Gasteiger partial charge in [-0.15, -0.1) is 0 Å². The van der Waals surface area contributed by atoms with Crippen molar-refractivity contribution >= 4 is 5.78 Å². The van der Waals surface area contributed by atoms with Gasteiger partial charge in [0.1, 0.15) is 0 Å². The molecule has 2 aromatic heterocycles. The van der Waals surface area contributed by atoms with E-state index in [1.165, 1.54) is 0 Å². The highest BCUT2D eigenvalue weighted by atomic mass is 16.2. The number of imidazole rings is 1. The zero-order valence-corrected chi connectivity index (χ0v) is 12.6. The summed E-state index contributed by atoms with van der Waals surface area (Å²) < 4.78 is 2.04. The lowest BCUT2D eigenvalue weighted by Gasteiger charge is -2.14. The highest BCUT2D eigenvalue weighted by Gasteiger charge is 2.08. The van der Waals surface area contributed by atoms with Crippen molar-refractivity contribution in [1.29, 1.82) is 0 Å². The second-order valence-electron chi connectivity index (χ2n) is 5.46. The van der Waals surface area contributed by atoms with Crippen molar-refractivity contribution in [2.24, 2.45) is 0 Å². The molecule has 0 aromatic carbocycles. The molecular weight excluding hydrogens is 252 g/mol. The smallest absolute Gasteiger partial charge is 0.234 e. The van der Waals surface area contributed by atoms with Crippen LogP contribution in [0.5, 0.6) is 0 Å². The van der Waals surface area contributed by atoms with E-state index in [1.807, 2.05) is 11.3 Å². The van der Waals surface area contributed by atoms with Crippen LogP contribution in [0.1, 0.15) is 36.3 Å². The molecule has 0 unspecified atom stereocenters. The van der Waals surface area contributed by atoms with Crippen LogP contribution >= 0.6 is 0 Å². The van der Waals surface area contributed by atoms with E-state index >= 15 is 0 Å². The summed E-state index contributed by atoms with van der Waals surface area (Å²) in [5, 5.41) is 8.76. The normalized spacial score (nSPS) is 11.7. The quantitative estimate of drug-likeness (QED) is 0.785. The van der Waals surface area contributed by atoms with Gasteiger partial charge in [-0.05, 0) is 52.8 Å². The standard InChI is InChI=1S/C15H24N4O/c1-12-9-13(2)19-11-14(17-15(19)16-12)10-18(3)7-5-4-6-8-20/h9,11,20H,4-8,10H2,1-3H3. The van der Waals surface area contributed by atoms with Gasteiger partial charge in [-0.25, -0.2) is 9.97 Å².